The Bertz CT molecular complexity index is 460. The van der Waals surface area contributed by atoms with E-state index in [1.54, 1.807) is 20.8 Å². The third-order valence-corrected chi connectivity index (χ3v) is 3.60. The maximum Gasteiger partial charge on any atom is 0.144 e. The lowest BCUT2D eigenvalue weighted by molar-refractivity contribution is 0.540. The Morgan fingerprint density at radius 2 is 1.61 bits per heavy atom. The maximum atomic E-state index is 13.4. The molecule has 0 aliphatic carbocycles. The first-order valence-electron chi connectivity index (χ1n) is 5.25. The van der Waals surface area contributed by atoms with E-state index in [2.05, 4.69) is 4.40 Å². The van der Waals surface area contributed by atoms with E-state index in [9.17, 15) is 17.7 Å². The average Bonchev–Trinajstić information content (AvgIpc) is 2.13. The van der Waals surface area contributed by atoms with Crippen molar-refractivity contribution in [2.75, 3.05) is 0 Å². The summed E-state index contributed by atoms with van der Waals surface area (Å²) in [7, 11) is 0. The smallest absolute Gasteiger partial charge is 0.144 e. The summed E-state index contributed by atoms with van der Waals surface area (Å²) < 4.78 is 54.5. The molecule has 1 aromatic rings. The van der Waals surface area contributed by atoms with Gasteiger partial charge in [-0.3, -0.25) is 0 Å². The van der Waals surface area contributed by atoms with Crippen LogP contribution in [-0.4, -0.2) is 15.0 Å². The fourth-order valence-electron chi connectivity index (χ4n) is 1.19. The molecule has 1 aromatic carbocycles. The van der Waals surface area contributed by atoms with Crippen LogP contribution in [0.1, 0.15) is 33.3 Å². The van der Waals surface area contributed by atoms with Gasteiger partial charge in [-0.25, -0.2) is 13.2 Å². The van der Waals surface area contributed by atoms with Crippen LogP contribution in [0, 0.1) is 17.5 Å². The fourth-order valence-corrected chi connectivity index (χ4v) is 1.81. The molecule has 0 spiro atoms. The van der Waals surface area contributed by atoms with Gasteiger partial charge in [0.15, 0.2) is 0 Å². The SMILES string of the molecule is C/C(=N/[S+]([O-])C(C)(C)C)c1c(F)cc(F)cc1F. The van der Waals surface area contributed by atoms with Crippen LogP contribution in [0.15, 0.2) is 16.5 Å². The van der Waals surface area contributed by atoms with E-state index in [1.165, 1.54) is 6.92 Å². The number of halogens is 3. The van der Waals surface area contributed by atoms with Crippen molar-refractivity contribution in [1.29, 1.82) is 0 Å². The van der Waals surface area contributed by atoms with Gasteiger partial charge in [0, 0.05) is 12.1 Å². The van der Waals surface area contributed by atoms with Gasteiger partial charge in [0.1, 0.15) is 39.3 Å². The summed E-state index contributed by atoms with van der Waals surface area (Å²) in [6, 6.07) is 1.13. The van der Waals surface area contributed by atoms with Crippen LogP contribution in [-0.2, 0) is 11.4 Å². The molecule has 0 N–H and O–H groups in total. The molecule has 0 amide bonds. The Balaban J connectivity index is 3.19. The minimum atomic E-state index is -1.63. The molecule has 1 rings (SSSR count). The highest BCUT2D eigenvalue weighted by atomic mass is 32.2. The maximum absolute atomic E-state index is 13.4. The number of nitrogens with zero attached hydrogens (tertiary/aromatic N) is 1. The van der Waals surface area contributed by atoms with Crippen molar-refractivity contribution in [2.24, 2.45) is 4.40 Å². The highest BCUT2D eigenvalue weighted by molar-refractivity contribution is 7.91. The van der Waals surface area contributed by atoms with Crippen molar-refractivity contribution in [3.63, 3.8) is 0 Å². The lowest BCUT2D eigenvalue weighted by atomic mass is 10.1. The molecular formula is C12H14F3NOS. The summed E-state index contributed by atoms with van der Waals surface area (Å²) in [5.74, 6) is -3.11. The van der Waals surface area contributed by atoms with Gasteiger partial charge in [0.25, 0.3) is 0 Å². The molecule has 0 aliphatic rings. The lowest BCUT2D eigenvalue weighted by Gasteiger charge is -2.18. The summed E-state index contributed by atoms with van der Waals surface area (Å²) in [6.07, 6.45) is 0. The summed E-state index contributed by atoms with van der Waals surface area (Å²) >= 11 is -1.63. The molecule has 1 atom stereocenters. The van der Waals surface area contributed by atoms with Gasteiger partial charge < -0.3 is 4.55 Å². The molecule has 2 nitrogen and oxygen atoms in total. The van der Waals surface area contributed by atoms with Crippen molar-refractivity contribution in [2.45, 2.75) is 32.4 Å². The standard InChI is InChI=1S/C12H14F3NOS/c1-7(16-18(17)12(2,3)4)11-9(14)5-8(13)6-10(11)15/h5-6H,1-4H3/b16-7-. The van der Waals surface area contributed by atoms with E-state index >= 15 is 0 Å². The van der Waals surface area contributed by atoms with E-state index in [-0.39, 0.29) is 5.71 Å². The van der Waals surface area contributed by atoms with Gasteiger partial charge in [-0.15, -0.1) is 0 Å². The van der Waals surface area contributed by atoms with E-state index in [4.69, 9.17) is 0 Å². The van der Waals surface area contributed by atoms with Crippen LogP contribution in [0.4, 0.5) is 13.2 Å². The monoisotopic (exact) mass is 277 g/mol. The lowest BCUT2D eigenvalue weighted by Crippen LogP contribution is -2.27. The Labute approximate surface area is 107 Å². The van der Waals surface area contributed by atoms with Gasteiger partial charge in [-0.2, -0.15) is 0 Å². The zero-order chi connectivity index (χ0) is 14.1. The van der Waals surface area contributed by atoms with E-state index in [1.807, 2.05) is 0 Å². The van der Waals surface area contributed by atoms with Crippen molar-refractivity contribution >= 4 is 17.1 Å². The number of hydrogen-bond donors (Lipinski definition) is 0. The van der Waals surface area contributed by atoms with Crippen LogP contribution in [0.5, 0.6) is 0 Å². The first-order valence-corrected chi connectivity index (χ1v) is 6.36. The van der Waals surface area contributed by atoms with E-state index in [0.717, 1.165) is 0 Å². The Kier molecular flexibility index (Phi) is 4.45. The molecule has 1 unspecified atom stereocenters. The topological polar surface area (TPSA) is 35.4 Å². The molecule has 6 heteroatoms. The molecule has 18 heavy (non-hydrogen) atoms. The van der Waals surface area contributed by atoms with Crippen molar-refractivity contribution in [3.8, 4) is 0 Å². The molecule has 0 fully saturated rings. The molecule has 0 aliphatic heterocycles. The molecular weight excluding hydrogens is 263 g/mol. The van der Waals surface area contributed by atoms with Gasteiger partial charge in [0.05, 0.1) is 5.56 Å². The van der Waals surface area contributed by atoms with Crippen LogP contribution in [0.3, 0.4) is 0 Å². The number of hydrogen-bond acceptors (Lipinski definition) is 2. The molecule has 0 bridgehead atoms. The molecule has 0 saturated carbocycles. The first-order chi connectivity index (χ1) is 8.12. The van der Waals surface area contributed by atoms with Crippen LogP contribution >= 0.6 is 0 Å². The summed E-state index contributed by atoms with van der Waals surface area (Å²) in [5, 5.41) is 0. The summed E-state index contributed by atoms with van der Waals surface area (Å²) in [4.78, 5) is 0. The molecule has 100 valence electrons. The van der Waals surface area contributed by atoms with Crippen molar-refractivity contribution in [1.82, 2.24) is 0 Å². The highest BCUT2D eigenvalue weighted by Crippen LogP contribution is 2.21. The molecule has 0 saturated heterocycles. The second-order valence-corrected chi connectivity index (χ2v) is 6.69. The number of benzene rings is 1. The summed E-state index contributed by atoms with van der Waals surface area (Å²) in [5.41, 5.74) is -0.507. The largest absolute Gasteiger partial charge is 0.591 e. The summed E-state index contributed by atoms with van der Waals surface area (Å²) in [6.45, 7) is 6.41. The second kappa shape index (κ2) is 5.32. The predicted octanol–water partition coefficient (Wildman–Crippen LogP) is 3.38. The molecule has 0 heterocycles. The van der Waals surface area contributed by atoms with Crippen molar-refractivity contribution in [3.05, 3.63) is 35.1 Å². The second-order valence-electron chi connectivity index (χ2n) is 4.78. The predicted molar refractivity (Wildman–Crippen MR) is 66.4 cm³/mol. The van der Waals surface area contributed by atoms with Gasteiger partial charge in [0.2, 0.25) is 0 Å². The van der Waals surface area contributed by atoms with Crippen LogP contribution in [0.2, 0.25) is 0 Å². The normalized spacial score (nSPS) is 14.8. The fraction of sp³-hybridized carbons (Fsp3) is 0.417. The Morgan fingerprint density at radius 1 is 1.17 bits per heavy atom. The zero-order valence-corrected chi connectivity index (χ0v) is 11.4. The van der Waals surface area contributed by atoms with Gasteiger partial charge in [-0.05, 0) is 27.7 Å². The Hall–Kier alpha value is -1.01. The zero-order valence-electron chi connectivity index (χ0n) is 10.6. The van der Waals surface area contributed by atoms with E-state index in [0.29, 0.717) is 12.1 Å². The third-order valence-electron chi connectivity index (χ3n) is 2.11. The van der Waals surface area contributed by atoms with Crippen LogP contribution in [0.25, 0.3) is 0 Å². The van der Waals surface area contributed by atoms with Gasteiger partial charge in [-0.1, -0.05) is 4.40 Å². The molecule has 0 radical (unpaired) electrons. The highest BCUT2D eigenvalue weighted by Gasteiger charge is 2.27. The molecule has 0 aromatic heterocycles. The first kappa shape index (κ1) is 15.0. The minimum Gasteiger partial charge on any atom is -0.591 e. The van der Waals surface area contributed by atoms with Crippen molar-refractivity contribution < 1.29 is 17.7 Å². The number of rotatable bonds is 2. The van der Waals surface area contributed by atoms with Crippen LogP contribution < -0.4 is 0 Å². The van der Waals surface area contributed by atoms with E-state index < -0.39 is 39.1 Å². The Morgan fingerprint density at radius 3 is 2.00 bits per heavy atom. The minimum absolute atomic E-state index is 0.0572. The third kappa shape index (κ3) is 3.49. The van der Waals surface area contributed by atoms with Gasteiger partial charge >= 0.3 is 0 Å². The average molecular weight is 277 g/mol. The quantitative estimate of drug-likeness (QED) is 0.603.